The van der Waals surface area contributed by atoms with Crippen LogP contribution >= 0.6 is 23.4 Å². The summed E-state index contributed by atoms with van der Waals surface area (Å²) in [5.74, 6) is 6.48. The molecule has 0 radical (unpaired) electrons. The van der Waals surface area contributed by atoms with Crippen molar-refractivity contribution in [3.63, 3.8) is 0 Å². The Hall–Kier alpha value is -1.18. The Kier molecular flexibility index (Phi) is 5.17. The van der Waals surface area contributed by atoms with Crippen molar-refractivity contribution in [1.82, 2.24) is 4.98 Å². The smallest absolute Gasteiger partial charge is 0.185 e. The summed E-state index contributed by atoms with van der Waals surface area (Å²) in [4.78, 5) is 14.6. The Labute approximate surface area is 104 Å². The first-order valence-electron chi connectivity index (χ1n) is 4.64. The summed E-state index contributed by atoms with van der Waals surface area (Å²) < 4.78 is 0. The molecule has 1 aromatic rings. The normalized spacial score (nSPS) is 9.38. The summed E-state index contributed by atoms with van der Waals surface area (Å²) in [5, 5.41) is 0.375. The van der Waals surface area contributed by atoms with E-state index in [-0.39, 0.29) is 10.3 Å². The molecule has 84 valence electrons. The number of nitrogens with two attached hydrogens (primary N) is 1. The monoisotopic (exact) mass is 254 g/mol. The van der Waals surface area contributed by atoms with E-state index in [1.165, 1.54) is 11.8 Å². The van der Waals surface area contributed by atoms with Crippen LogP contribution in [0.3, 0.4) is 0 Å². The van der Waals surface area contributed by atoms with Crippen LogP contribution in [0.4, 0.5) is 5.69 Å². The third-order valence-corrected chi connectivity index (χ3v) is 2.74. The lowest BCUT2D eigenvalue weighted by atomic mass is 10.3. The minimum absolute atomic E-state index is 0.107. The number of halogens is 1. The van der Waals surface area contributed by atoms with E-state index in [1.807, 2.05) is 0 Å². The summed E-state index contributed by atoms with van der Waals surface area (Å²) in [6.45, 7) is 1.54. The second kappa shape index (κ2) is 6.41. The molecule has 5 heteroatoms. The van der Waals surface area contributed by atoms with Crippen molar-refractivity contribution in [1.29, 1.82) is 0 Å². The summed E-state index contributed by atoms with van der Waals surface area (Å²) in [6, 6.07) is 3.38. The second-order valence-electron chi connectivity index (χ2n) is 2.97. The molecule has 0 atom stereocenters. The van der Waals surface area contributed by atoms with Crippen LogP contribution in [0.2, 0.25) is 5.15 Å². The predicted octanol–water partition coefficient (Wildman–Crippen LogP) is 2.34. The molecule has 0 saturated heterocycles. The molecule has 16 heavy (non-hydrogen) atoms. The van der Waals surface area contributed by atoms with E-state index in [0.717, 1.165) is 0 Å². The Balaban J connectivity index is 2.50. The van der Waals surface area contributed by atoms with Crippen molar-refractivity contribution in [3.8, 4) is 11.8 Å². The minimum Gasteiger partial charge on any atom is -0.396 e. The van der Waals surface area contributed by atoms with Gasteiger partial charge in [-0.1, -0.05) is 29.3 Å². The number of pyridine rings is 1. The quantitative estimate of drug-likeness (QED) is 0.500. The highest BCUT2D eigenvalue weighted by atomic mass is 35.5. The van der Waals surface area contributed by atoms with Crippen molar-refractivity contribution in [3.05, 3.63) is 23.0 Å². The Bertz CT molecular complexity index is 451. The van der Waals surface area contributed by atoms with E-state index < -0.39 is 0 Å². The van der Waals surface area contributed by atoms with Crippen LogP contribution < -0.4 is 5.73 Å². The molecule has 2 N–H and O–H groups in total. The van der Waals surface area contributed by atoms with Crippen LogP contribution in [-0.4, -0.2) is 15.9 Å². The fourth-order valence-electron chi connectivity index (χ4n) is 0.914. The number of carbonyl (C=O) groups is 1. The number of rotatable bonds is 2. The van der Waals surface area contributed by atoms with Gasteiger partial charge in [-0.05, 0) is 18.1 Å². The maximum Gasteiger partial charge on any atom is 0.185 e. The van der Waals surface area contributed by atoms with E-state index in [9.17, 15) is 4.79 Å². The van der Waals surface area contributed by atoms with Gasteiger partial charge in [0.05, 0.1) is 5.69 Å². The molecule has 0 aliphatic rings. The molecule has 0 spiro atoms. The van der Waals surface area contributed by atoms with Gasteiger partial charge in [-0.3, -0.25) is 4.79 Å². The molecule has 1 aromatic heterocycles. The van der Waals surface area contributed by atoms with Crippen LogP contribution in [0.15, 0.2) is 12.1 Å². The van der Waals surface area contributed by atoms with Crippen molar-refractivity contribution < 1.29 is 4.79 Å². The topological polar surface area (TPSA) is 56.0 Å². The Morgan fingerprint density at radius 2 is 2.38 bits per heavy atom. The third-order valence-electron chi connectivity index (χ3n) is 1.63. The van der Waals surface area contributed by atoms with Crippen molar-refractivity contribution >= 4 is 34.2 Å². The molecule has 0 fully saturated rings. The number of anilines is 1. The molecular formula is C11H11ClN2OS. The Morgan fingerprint density at radius 1 is 1.62 bits per heavy atom. The Morgan fingerprint density at radius 3 is 3.00 bits per heavy atom. The molecule has 3 nitrogen and oxygen atoms in total. The van der Waals surface area contributed by atoms with Gasteiger partial charge >= 0.3 is 0 Å². The lowest BCUT2D eigenvalue weighted by Crippen LogP contribution is -1.91. The number of hydrogen-bond donors (Lipinski definition) is 1. The largest absolute Gasteiger partial charge is 0.396 e. The number of hydrogen-bond acceptors (Lipinski definition) is 4. The van der Waals surface area contributed by atoms with Gasteiger partial charge in [-0.25, -0.2) is 4.98 Å². The van der Waals surface area contributed by atoms with Crippen LogP contribution in [0.5, 0.6) is 0 Å². The minimum atomic E-state index is 0.107. The molecule has 0 unspecified atom stereocenters. The lowest BCUT2D eigenvalue weighted by Gasteiger charge is -1.95. The molecule has 0 bridgehead atoms. The van der Waals surface area contributed by atoms with E-state index in [1.54, 1.807) is 19.1 Å². The first kappa shape index (κ1) is 12.9. The van der Waals surface area contributed by atoms with Gasteiger partial charge in [-0.2, -0.15) is 0 Å². The maximum atomic E-state index is 10.6. The van der Waals surface area contributed by atoms with E-state index >= 15 is 0 Å². The van der Waals surface area contributed by atoms with Gasteiger partial charge in [0.15, 0.2) is 10.3 Å². The van der Waals surface area contributed by atoms with E-state index in [0.29, 0.717) is 23.6 Å². The molecule has 0 aromatic carbocycles. The first-order chi connectivity index (χ1) is 7.59. The maximum absolute atomic E-state index is 10.6. The van der Waals surface area contributed by atoms with Gasteiger partial charge in [0.25, 0.3) is 0 Å². The summed E-state index contributed by atoms with van der Waals surface area (Å²) >= 11 is 7.01. The van der Waals surface area contributed by atoms with Crippen LogP contribution in [0.25, 0.3) is 0 Å². The van der Waals surface area contributed by atoms with E-state index in [2.05, 4.69) is 16.8 Å². The fourth-order valence-corrected chi connectivity index (χ4v) is 1.56. The standard InChI is InChI=1S/C11H11ClN2OS/c1-8(15)16-7-3-2-4-9-5-6-10(13)11(12)14-9/h5-6H,3,7,13H2,1H3. The highest BCUT2D eigenvalue weighted by Gasteiger charge is 1.97. The average Bonchev–Trinajstić information content (AvgIpc) is 2.22. The summed E-state index contributed by atoms with van der Waals surface area (Å²) in [6.07, 6.45) is 0.647. The van der Waals surface area contributed by atoms with Gasteiger partial charge in [0.2, 0.25) is 0 Å². The van der Waals surface area contributed by atoms with Gasteiger partial charge in [0.1, 0.15) is 5.69 Å². The zero-order valence-electron chi connectivity index (χ0n) is 8.79. The zero-order valence-corrected chi connectivity index (χ0v) is 10.4. The molecule has 0 aliphatic heterocycles. The van der Waals surface area contributed by atoms with E-state index in [4.69, 9.17) is 17.3 Å². The SMILES string of the molecule is CC(=O)SCCC#Cc1ccc(N)c(Cl)n1. The van der Waals surface area contributed by atoms with Gasteiger partial charge < -0.3 is 5.73 Å². The number of nitrogen functional groups attached to an aromatic ring is 1. The number of thioether (sulfide) groups is 1. The molecule has 0 aliphatic carbocycles. The van der Waals surface area contributed by atoms with Gasteiger partial charge in [0, 0.05) is 19.1 Å². The average molecular weight is 255 g/mol. The highest BCUT2D eigenvalue weighted by Crippen LogP contribution is 2.14. The molecule has 0 amide bonds. The van der Waals surface area contributed by atoms with Crippen molar-refractivity contribution in [2.75, 3.05) is 11.5 Å². The fraction of sp³-hybridized carbons (Fsp3) is 0.273. The summed E-state index contributed by atoms with van der Waals surface area (Å²) in [5.41, 5.74) is 6.55. The summed E-state index contributed by atoms with van der Waals surface area (Å²) in [7, 11) is 0. The van der Waals surface area contributed by atoms with Crippen LogP contribution in [0, 0.1) is 11.8 Å². The van der Waals surface area contributed by atoms with Crippen molar-refractivity contribution in [2.45, 2.75) is 13.3 Å². The predicted molar refractivity (Wildman–Crippen MR) is 68.3 cm³/mol. The first-order valence-corrected chi connectivity index (χ1v) is 6.00. The lowest BCUT2D eigenvalue weighted by molar-refractivity contribution is -0.109. The molecule has 1 rings (SSSR count). The zero-order chi connectivity index (χ0) is 12.0. The molecular weight excluding hydrogens is 244 g/mol. The number of carbonyl (C=O) groups excluding carboxylic acids is 1. The highest BCUT2D eigenvalue weighted by molar-refractivity contribution is 8.13. The van der Waals surface area contributed by atoms with Crippen LogP contribution in [0.1, 0.15) is 19.0 Å². The molecule has 1 heterocycles. The van der Waals surface area contributed by atoms with Crippen molar-refractivity contribution in [2.24, 2.45) is 0 Å². The molecule has 0 saturated carbocycles. The second-order valence-corrected chi connectivity index (χ2v) is 4.60. The number of nitrogens with zero attached hydrogens (tertiary/aromatic N) is 1. The third kappa shape index (κ3) is 4.56. The van der Waals surface area contributed by atoms with Gasteiger partial charge in [-0.15, -0.1) is 0 Å². The van der Waals surface area contributed by atoms with Crippen LogP contribution in [-0.2, 0) is 4.79 Å². The number of aromatic nitrogens is 1.